The Balaban J connectivity index is 1.49. The van der Waals surface area contributed by atoms with Crippen molar-refractivity contribution in [3.05, 3.63) is 0 Å². The highest BCUT2D eigenvalue weighted by molar-refractivity contribution is 5.70. The van der Waals surface area contributed by atoms with Crippen LogP contribution in [0.4, 0.5) is 0 Å². The molecule has 5 saturated carbocycles. The molecule has 0 aromatic rings. The van der Waals surface area contributed by atoms with Crippen molar-refractivity contribution in [2.45, 2.75) is 78.2 Å². The summed E-state index contributed by atoms with van der Waals surface area (Å²) in [4.78, 5) is 11.7. The summed E-state index contributed by atoms with van der Waals surface area (Å²) in [5, 5.41) is 9.64. The van der Waals surface area contributed by atoms with Gasteiger partial charge in [-0.15, -0.1) is 0 Å². The first-order valence-electron chi connectivity index (χ1n) is 11.0. The van der Waals surface area contributed by atoms with Crippen molar-refractivity contribution in [1.29, 1.82) is 0 Å². The van der Waals surface area contributed by atoms with Gasteiger partial charge < -0.3 is 9.84 Å². The third kappa shape index (κ3) is 1.82. The normalized spacial score (nSPS) is 58.3. The van der Waals surface area contributed by atoms with Crippen LogP contribution in [0.2, 0.25) is 0 Å². The zero-order valence-electron chi connectivity index (χ0n) is 17.0. The molecule has 146 valence electrons. The highest BCUT2D eigenvalue weighted by Gasteiger charge is 2.77. The molecule has 5 aliphatic carbocycles. The van der Waals surface area contributed by atoms with Crippen LogP contribution in [0.1, 0.15) is 72.1 Å². The molecule has 0 radical (unpaired) electrons. The maximum absolute atomic E-state index is 11.7. The minimum absolute atomic E-state index is 0.204. The van der Waals surface area contributed by atoms with Crippen LogP contribution in [-0.4, -0.2) is 24.3 Å². The maximum atomic E-state index is 11.7. The predicted octanol–water partition coefficient (Wildman–Crippen LogP) is 4.99. The molecule has 10 atom stereocenters. The van der Waals surface area contributed by atoms with Crippen molar-refractivity contribution < 1.29 is 14.6 Å². The van der Waals surface area contributed by atoms with E-state index in [1.807, 2.05) is 14.0 Å². The van der Waals surface area contributed by atoms with Gasteiger partial charge in [-0.3, -0.25) is 4.79 Å². The maximum Gasteiger partial charge on any atom is 0.306 e. The molecule has 0 amide bonds. The first-order chi connectivity index (χ1) is 12.3. The number of ether oxygens (including phenoxy) is 1. The van der Waals surface area contributed by atoms with E-state index in [2.05, 4.69) is 13.8 Å². The molecule has 0 aliphatic heterocycles. The first kappa shape index (κ1) is 17.5. The second kappa shape index (κ2) is 5.27. The largest absolute Gasteiger partial charge is 0.481 e. The van der Waals surface area contributed by atoms with Crippen LogP contribution in [0.25, 0.3) is 0 Å². The lowest BCUT2D eigenvalue weighted by Gasteiger charge is -2.61. The van der Waals surface area contributed by atoms with Gasteiger partial charge in [0.1, 0.15) is 0 Å². The zero-order chi connectivity index (χ0) is 18.5. The Bertz CT molecular complexity index is 631. The number of carboxylic acids is 1. The smallest absolute Gasteiger partial charge is 0.306 e. The van der Waals surface area contributed by atoms with Gasteiger partial charge in [-0.2, -0.15) is 0 Å². The van der Waals surface area contributed by atoms with E-state index in [0.29, 0.717) is 28.8 Å². The topological polar surface area (TPSA) is 46.5 Å². The number of carbonyl (C=O) groups is 1. The summed E-state index contributed by atoms with van der Waals surface area (Å²) in [6.07, 6.45) is 10.8. The lowest BCUT2D eigenvalue weighted by molar-refractivity contribution is -0.164. The predicted molar refractivity (Wildman–Crippen MR) is 101 cm³/mol. The Morgan fingerprint density at radius 2 is 1.88 bits per heavy atom. The number of fused-ring (bicyclic) bond motifs is 4. The van der Waals surface area contributed by atoms with Gasteiger partial charge in [0.15, 0.2) is 0 Å². The minimum atomic E-state index is -0.597. The zero-order valence-corrected chi connectivity index (χ0v) is 17.0. The molecule has 5 rings (SSSR count). The van der Waals surface area contributed by atoms with E-state index in [1.165, 1.54) is 44.9 Å². The standard InChI is InChI=1S/C23H36O3/c1-13(20(24)25)16-5-6-17-15-11-19(26-4)23-12-14(23)7-10-22(23,3)18(15)8-9-21(16,17)2/h13-19H,5-12H2,1-4H3,(H,24,25)/t13-,14+,15-,16+,17-,18-,19+,21+,22+,23?/m0/s1. The molecule has 0 heterocycles. The summed E-state index contributed by atoms with van der Waals surface area (Å²) in [6, 6.07) is 0. The van der Waals surface area contributed by atoms with Gasteiger partial charge in [-0.1, -0.05) is 20.8 Å². The molecule has 0 bridgehead atoms. The molecule has 1 N–H and O–H groups in total. The highest BCUT2D eigenvalue weighted by Crippen LogP contribution is 2.82. The molecule has 3 heteroatoms. The van der Waals surface area contributed by atoms with Crippen molar-refractivity contribution in [2.75, 3.05) is 7.11 Å². The fourth-order valence-corrected chi connectivity index (χ4v) is 9.61. The lowest BCUT2D eigenvalue weighted by Crippen LogP contribution is -2.57. The lowest BCUT2D eigenvalue weighted by atomic mass is 9.45. The number of aliphatic carboxylic acids is 1. The van der Waals surface area contributed by atoms with Crippen LogP contribution in [0, 0.1) is 51.8 Å². The van der Waals surface area contributed by atoms with E-state index in [1.54, 1.807) is 0 Å². The van der Waals surface area contributed by atoms with Gasteiger partial charge in [0.05, 0.1) is 12.0 Å². The Labute approximate surface area is 158 Å². The number of carboxylic acid groups (broad SMARTS) is 1. The third-order valence-electron chi connectivity index (χ3n) is 10.9. The van der Waals surface area contributed by atoms with Crippen molar-refractivity contribution in [1.82, 2.24) is 0 Å². The number of rotatable bonds is 3. The first-order valence-corrected chi connectivity index (χ1v) is 11.0. The average Bonchev–Trinajstić information content (AvgIpc) is 3.12. The number of methoxy groups -OCH3 is 1. The van der Waals surface area contributed by atoms with Gasteiger partial charge in [-0.25, -0.2) is 0 Å². The Kier molecular flexibility index (Phi) is 3.55. The molecule has 3 nitrogen and oxygen atoms in total. The summed E-state index contributed by atoms with van der Waals surface area (Å²) < 4.78 is 6.16. The van der Waals surface area contributed by atoms with Crippen LogP contribution in [0.5, 0.6) is 0 Å². The van der Waals surface area contributed by atoms with E-state index in [9.17, 15) is 9.90 Å². The van der Waals surface area contributed by atoms with Gasteiger partial charge in [0.25, 0.3) is 0 Å². The number of hydrogen-bond donors (Lipinski definition) is 1. The summed E-state index contributed by atoms with van der Waals surface area (Å²) >= 11 is 0. The summed E-state index contributed by atoms with van der Waals surface area (Å²) in [5.74, 6) is 2.78. The molecule has 5 fully saturated rings. The second-order valence-electron chi connectivity index (χ2n) is 11.1. The van der Waals surface area contributed by atoms with E-state index in [4.69, 9.17) is 4.74 Å². The summed E-state index contributed by atoms with van der Waals surface area (Å²) in [6.45, 7) is 7.00. The molecular formula is C23H36O3. The van der Waals surface area contributed by atoms with E-state index in [-0.39, 0.29) is 11.3 Å². The van der Waals surface area contributed by atoms with Crippen LogP contribution >= 0.6 is 0 Å². The fourth-order valence-electron chi connectivity index (χ4n) is 9.61. The second-order valence-corrected chi connectivity index (χ2v) is 11.1. The molecule has 0 aromatic carbocycles. The highest BCUT2D eigenvalue weighted by atomic mass is 16.5. The van der Waals surface area contributed by atoms with Gasteiger partial charge in [0.2, 0.25) is 0 Å². The Morgan fingerprint density at radius 1 is 1.12 bits per heavy atom. The SMILES string of the molecule is CO[C@@H]1C[C@H]2[C@@H]3CC[C@H]([C@H](C)C(=O)O)[C@@]3(C)CC[C@@H]2[C@@]2(C)CC[C@@H]3CC312. The molecule has 1 spiro atoms. The third-order valence-corrected chi connectivity index (χ3v) is 10.9. The van der Waals surface area contributed by atoms with Crippen molar-refractivity contribution in [3.63, 3.8) is 0 Å². The van der Waals surface area contributed by atoms with Crippen LogP contribution < -0.4 is 0 Å². The van der Waals surface area contributed by atoms with Crippen LogP contribution in [0.15, 0.2) is 0 Å². The van der Waals surface area contributed by atoms with Gasteiger partial charge >= 0.3 is 5.97 Å². The minimum Gasteiger partial charge on any atom is -0.481 e. The molecule has 1 unspecified atom stereocenters. The summed E-state index contributed by atoms with van der Waals surface area (Å²) in [7, 11) is 1.94. The number of hydrogen-bond acceptors (Lipinski definition) is 2. The van der Waals surface area contributed by atoms with Gasteiger partial charge in [0, 0.05) is 12.5 Å². The fraction of sp³-hybridized carbons (Fsp3) is 0.957. The quantitative estimate of drug-likeness (QED) is 0.771. The monoisotopic (exact) mass is 360 g/mol. The average molecular weight is 361 g/mol. The van der Waals surface area contributed by atoms with E-state index < -0.39 is 5.97 Å². The van der Waals surface area contributed by atoms with Crippen LogP contribution in [0.3, 0.4) is 0 Å². The molecule has 0 saturated heterocycles. The van der Waals surface area contributed by atoms with Gasteiger partial charge in [-0.05, 0) is 91.8 Å². The summed E-state index contributed by atoms with van der Waals surface area (Å²) in [5.41, 5.74) is 1.18. The van der Waals surface area contributed by atoms with E-state index in [0.717, 1.165) is 24.2 Å². The Morgan fingerprint density at radius 3 is 2.54 bits per heavy atom. The molecule has 5 aliphatic rings. The van der Waals surface area contributed by atoms with Crippen LogP contribution in [-0.2, 0) is 9.53 Å². The molecule has 26 heavy (non-hydrogen) atoms. The Hall–Kier alpha value is -0.570. The van der Waals surface area contributed by atoms with Crippen molar-refractivity contribution >= 4 is 5.97 Å². The molecular weight excluding hydrogens is 324 g/mol. The van der Waals surface area contributed by atoms with Crippen molar-refractivity contribution in [3.8, 4) is 0 Å². The molecule has 0 aromatic heterocycles. The van der Waals surface area contributed by atoms with E-state index >= 15 is 0 Å². The van der Waals surface area contributed by atoms with Crippen molar-refractivity contribution in [2.24, 2.45) is 51.8 Å².